The second kappa shape index (κ2) is 6.86. The van der Waals surface area contributed by atoms with Crippen molar-refractivity contribution in [1.29, 1.82) is 0 Å². The summed E-state index contributed by atoms with van der Waals surface area (Å²) in [4.78, 5) is 19.7. The number of carbonyl (C=O) groups is 1. The van der Waals surface area contributed by atoms with Crippen LogP contribution in [0.2, 0.25) is 5.02 Å². The molecule has 0 aliphatic heterocycles. The Hall–Kier alpha value is -2.14. The van der Waals surface area contributed by atoms with Crippen LogP contribution < -0.4 is 10.6 Å². The van der Waals surface area contributed by atoms with Crippen molar-refractivity contribution in [2.75, 3.05) is 5.32 Å². The number of halogens is 1. The van der Waals surface area contributed by atoms with Gasteiger partial charge in [-0.2, -0.15) is 0 Å². The van der Waals surface area contributed by atoms with E-state index in [4.69, 9.17) is 11.6 Å². The van der Waals surface area contributed by atoms with E-state index in [-0.39, 0.29) is 5.91 Å². The van der Waals surface area contributed by atoms with Crippen molar-refractivity contribution >= 4 is 23.3 Å². The molecule has 1 amide bonds. The van der Waals surface area contributed by atoms with E-state index >= 15 is 0 Å². The van der Waals surface area contributed by atoms with Crippen molar-refractivity contribution in [3.63, 3.8) is 0 Å². The lowest BCUT2D eigenvalue weighted by atomic mass is 10.2. The van der Waals surface area contributed by atoms with Crippen molar-refractivity contribution in [2.24, 2.45) is 0 Å². The Bertz CT molecular complexity index is 576. The number of carbonyl (C=O) groups excluding carboxylic acids is 1. The molecule has 1 atom stereocenters. The molecule has 0 saturated carbocycles. The predicted octanol–water partition coefficient (Wildman–Crippen LogP) is 2.25. The molecule has 6 heteroatoms. The minimum atomic E-state index is -0.439. The number of amides is 1. The minimum Gasteiger partial charge on any atom is -0.357 e. The van der Waals surface area contributed by atoms with Crippen LogP contribution >= 0.6 is 11.6 Å². The van der Waals surface area contributed by atoms with Crippen LogP contribution in [0.5, 0.6) is 0 Å². The quantitative estimate of drug-likeness (QED) is 0.886. The summed E-state index contributed by atoms with van der Waals surface area (Å²) in [6.45, 7) is 2.24. The zero-order chi connectivity index (χ0) is 14.4. The van der Waals surface area contributed by atoms with Crippen LogP contribution in [0, 0.1) is 0 Å². The summed E-state index contributed by atoms with van der Waals surface area (Å²) in [6, 6.07) is 9.28. The maximum absolute atomic E-state index is 12.0. The number of hydrogen-bond acceptors (Lipinski definition) is 4. The average molecular weight is 291 g/mol. The summed E-state index contributed by atoms with van der Waals surface area (Å²) < 4.78 is 0. The van der Waals surface area contributed by atoms with E-state index in [1.165, 1.54) is 12.5 Å². The van der Waals surface area contributed by atoms with Crippen LogP contribution in [0.3, 0.4) is 0 Å². The normalized spacial score (nSPS) is 11.7. The molecule has 0 radical (unpaired) electrons. The molecule has 0 bridgehead atoms. The lowest BCUT2D eigenvalue weighted by molar-refractivity contribution is -0.121. The molecule has 0 aliphatic rings. The molecule has 1 aromatic heterocycles. The Morgan fingerprint density at radius 3 is 2.80 bits per heavy atom. The van der Waals surface area contributed by atoms with Gasteiger partial charge in [-0.15, -0.1) is 0 Å². The topological polar surface area (TPSA) is 66.9 Å². The van der Waals surface area contributed by atoms with Gasteiger partial charge in [0.25, 0.3) is 0 Å². The number of nitrogens with one attached hydrogen (secondary N) is 2. The Kier molecular flexibility index (Phi) is 4.90. The SMILES string of the molecule is CC(Nc1ncncc1Cl)C(=O)NCc1ccccc1. The van der Waals surface area contributed by atoms with Crippen LogP contribution in [0.25, 0.3) is 0 Å². The maximum atomic E-state index is 12.0. The number of benzene rings is 1. The van der Waals surface area contributed by atoms with Crippen LogP contribution in [0.15, 0.2) is 42.9 Å². The molecule has 1 unspecified atom stereocenters. The highest BCUT2D eigenvalue weighted by molar-refractivity contribution is 6.32. The van der Waals surface area contributed by atoms with Crippen LogP contribution in [-0.4, -0.2) is 21.9 Å². The van der Waals surface area contributed by atoms with Crippen molar-refractivity contribution < 1.29 is 4.79 Å². The highest BCUT2D eigenvalue weighted by Gasteiger charge is 2.14. The van der Waals surface area contributed by atoms with Crippen LogP contribution in [-0.2, 0) is 11.3 Å². The fourth-order valence-corrected chi connectivity index (χ4v) is 1.79. The summed E-state index contributed by atoms with van der Waals surface area (Å²) in [5, 5.41) is 6.19. The first-order valence-electron chi connectivity index (χ1n) is 6.20. The lowest BCUT2D eigenvalue weighted by Gasteiger charge is -2.15. The first-order valence-corrected chi connectivity index (χ1v) is 6.58. The monoisotopic (exact) mass is 290 g/mol. The number of rotatable bonds is 5. The number of anilines is 1. The molecule has 5 nitrogen and oxygen atoms in total. The van der Waals surface area contributed by atoms with Gasteiger partial charge in [0.2, 0.25) is 5.91 Å². The number of hydrogen-bond donors (Lipinski definition) is 2. The van der Waals surface area contributed by atoms with E-state index in [9.17, 15) is 4.79 Å². The average Bonchev–Trinajstić information content (AvgIpc) is 2.48. The summed E-state index contributed by atoms with van der Waals surface area (Å²) in [6.07, 6.45) is 2.86. The van der Waals surface area contributed by atoms with Gasteiger partial charge in [0, 0.05) is 6.54 Å². The molecule has 0 saturated heterocycles. The molecule has 2 N–H and O–H groups in total. The van der Waals surface area contributed by atoms with Gasteiger partial charge in [-0.05, 0) is 12.5 Å². The standard InChI is InChI=1S/C14H15ClN4O/c1-10(19-13-12(15)8-16-9-18-13)14(20)17-7-11-5-3-2-4-6-11/h2-6,8-10H,7H2,1H3,(H,17,20)(H,16,18,19). The highest BCUT2D eigenvalue weighted by atomic mass is 35.5. The van der Waals surface area contributed by atoms with Crippen molar-refractivity contribution in [3.05, 3.63) is 53.4 Å². The van der Waals surface area contributed by atoms with Gasteiger partial charge in [0.1, 0.15) is 23.2 Å². The third-order valence-corrected chi connectivity index (χ3v) is 3.00. The second-order valence-electron chi connectivity index (χ2n) is 4.29. The summed E-state index contributed by atoms with van der Waals surface area (Å²) >= 11 is 5.93. The molecule has 20 heavy (non-hydrogen) atoms. The minimum absolute atomic E-state index is 0.122. The van der Waals surface area contributed by atoms with Gasteiger partial charge in [-0.1, -0.05) is 41.9 Å². The lowest BCUT2D eigenvalue weighted by Crippen LogP contribution is -2.37. The van der Waals surface area contributed by atoms with Gasteiger partial charge < -0.3 is 10.6 Å². The van der Waals surface area contributed by atoms with Crippen molar-refractivity contribution in [1.82, 2.24) is 15.3 Å². The summed E-state index contributed by atoms with van der Waals surface area (Å²) in [7, 11) is 0. The maximum Gasteiger partial charge on any atom is 0.242 e. The molecular weight excluding hydrogens is 276 g/mol. The smallest absolute Gasteiger partial charge is 0.242 e. The molecule has 0 aliphatic carbocycles. The van der Waals surface area contributed by atoms with Crippen LogP contribution in [0.4, 0.5) is 5.82 Å². The first kappa shape index (κ1) is 14.3. The van der Waals surface area contributed by atoms with Crippen molar-refractivity contribution in [2.45, 2.75) is 19.5 Å². The van der Waals surface area contributed by atoms with E-state index in [1.54, 1.807) is 6.92 Å². The van der Waals surface area contributed by atoms with E-state index in [0.717, 1.165) is 5.56 Å². The fourth-order valence-electron chi connectivity index (χ4n) is 1.63. The number of nitrogens with zero attached hydrogens (tertiary/aromatic N) is 2. The first-order chi connectivity index (χ1) is 9.66. The third kappa shape index (κ3) is 3.93. The van der Waals surface area contributed by atoms with E-state index in [1.807, 2.05) is 30.3 Å². The largest absolute Gasteiger partial charge is 0.357 e. The summed E-state index contributed by atoms with van der Waals surface area (Å²) in [5.41, 5.74) is 1.05. The Morgan fingerprint density at radius 1 is 1.35 bits per heavy atom. The predicted molar refractivity (Wildman–Crippen MR) is 78.4 cm³/mol. The third-order valence-electron chi connectivity index (χ3n) is 2.72. The van der Waals surface area contributed by atoms with Gasteiger partial charge in [-0.3, -0.25) is 4.79 Å². The highest BCUT2D eigenvalue weighted by Crippen LogP contribution is 2.16. The zero-order valence-electron chi connectivity index (χ0n) is 11.0. The fraction of sp³-hybridized carbons (Fsp3) is 0.214. The molecule has 2 aromatic rings. The zero-order valence-corrected chi connectivity index (χ0v) is 11.8. The Balaban J connectivity index is 1.88. The van der Waals surface area contributed by atoms with Crippen molar-refractivity contribution in [3.8, 4) is 0 Å². The molecule has 1 aromatic carbocycles. The van der Waals surface area contributed by atoms with E-state index in [0.29, 0.717) is 17.4 Å². The van der Waals surface area contributed by atoms with E-state index in [2.05, 4.69) is 20.6 Å². The second-order valence-corrected chi connectivity index (χ2v) is 4.70. The summed E-state index contributed by atoms with van der Waals surface area (Å²) in [5.74, 6) is 0.326. The molecule has 1 heterocycles. The van der Waals surface area contributed by atoms with Gasteiger partial charge >= 0.3 is 0 Å². The molecule has 0 fully saturated rings. The molecule has 104 valence electrons. The van der Waals surface area contributed by atoms with Gasteiger partial charge in [0.05, 0.1) is 6.20 Å². The molecule has 0 spiro atoms. The van der Waals surface area contributed by atoms with E-state index < -0.39 is 6.04 Å². The molecule has 2 rings (SSSR count). The van der Waals surface area contributed by atoms with Gasteiger partial charge in [-0.25, -0.2) is 9.97 Å². The Labute approximate surface area is 122 Å². The van der Waals surface area contributed by atoms with Crippen LogP contribution in [0.1, 0.15) is 12.5 Å². The van der Waals surface area contributed by atoms with Gasteiger partial charge in [0.15, 0.2) is 0 Å². The molecular formula is C14H15ClN4O. The Morgan fingerprint density at radius 2 is 2.10 bits per heavy atom. The number of aromatic nitrogens is 2.